The number of H-pyrrole nitrogens is 1. The van der Waals surface area contributed by atoms with Crippen molar-refractivity contribution in [3.8, 4) is 0 Å². The predicted molar refractivity (Wildman–Crippen MR) is 104 cm³/mol. The van der Waals surface area contributed by atoms with Crippen molar-refractivity contribution in [3.63, 3.8) is 0 Å². The molecule has 0 aliphatic carbocycles. The fraction of sp³-hybridized carbons (Fsp3) is 0.400. The van der Waals surface area contributed by atoms with Gasteiger partial charge >= 0.3 is 6.03 Å². The number of aromatic amines is 1. The Bertz CT molecular complexity index is 955. The molecule has 29 heavy (non-hydrogen) atoms. The Kier molecular flexibility index (Phi) is 5.30. The van der Waals surface area contributed by atoms with Crippen LogP contribution in [0.2, 0.25) is 0 Å². The third-order valence-corrected chi connectivity index (χ3v) is 5.42. The van der Waals surface area contributed by atoms with E-state index >= 15 is 0 Å². The molecule has 2 aliphatic rings. The fourth-order valence-corrected chi connectivity index (χ4v) is 3.95. The van der Waals surface area contributed by atoms with Gasteiger partial charge in [-0.05, 0) is 30.0 Å². The van der Waals surface area contributed by atoms with Crippen molar-refractivity contribution in [3.05, 3.63) is 63.6 Å². The lowest BCUT2D eigenvalue weighted by atomic mass is 9.84. The van der Waals surface area contributed by atoms with E-state index in [1.807, 2.05) is 24.3 Å². The van der Waals surface area contributed by atoms with Gasteiger partial charge in [0.2, 0.25) is 0 Å². The van der Waals surface area contributed by atoms with Crippen molar-refractivity contribution >= 4 is 11.9 Å². The highest BCUT2D eigenvalue weighted by Crippen LogP contribution is 2.37. The molecule has 0 spiro atoms. The lowest BCUT2D eigenvalue weighted by Crippen LogP contribution is -2.59. The number of rotatable bonds is 4. The predicted octanol–water partition coefficient (Wildman–Crippen LogP) is 1.15. The van der Waals surface area contributed by atoms with Crippen LogP contribution in [0.1, 0.15) is 40.5 Å². The fourth-order valence-electron chi connectivity index (χ4n) is 3.95. The number of carbonyl (C=O) groups excluding carboxylic acids is 2. The normalized spacial score (nSPS) is 23.8. The highest BCUT2D eigenvalue weighted by Gasteiger charge is 2.42. The molecule has 3 N–H and O–H groups in total. The van der Waals surface area contributed by atoms with Crippen molar-refractivity contribution in [1.29, 1.82) is 0 Å². The standard InChI is InChI=1S/C20H23N5O4/c1-25-19-14(6-3-9-29-19)17(22-20(25)28)13-5-2-4-12(10-13)11-21-18(27)15-7-8-16(26)24-23-15/h2,4-5,7-8,10,14,17,19H,3,6,9,11H2,1H3,(H,21,27)(H,22,28)(H,24,26)/t14-,17-,19-/m0/s1. The number of aromatic nitrogens is 2. The second kappa shape index (κ2) is 8.04. The summed E-state index contributed by atoms with van der Waals surface area (Å²) in [5.41, 5.74) is 1.67. The molecule has 3 atom stereocenters. The molecule has 9 heteroatoms. The van der Waals surface area contributed by atoms with Crippen LogP contribution in [-0.4, -0.2) is 46.9 Å². The zero-order chi connectivity index (χ0) is 20.4. The minimum atomic E-state index is -0.375. The van der Waals surface area contributed by atoms with Crippen LogP contribution in [-0.2, 0) is 11.3 Å². The monoisotopic (exact) mass is 397 g/mol. The molecule has 0 radical (unpaired) electrons. The van der Waals surface area contributed by atoms with Crippen molar-refractivity contribution < 1.29 is 14.3 Å². The third-order valence-electron chi connectivity index (χ3n) is 5.42. The zero-order valence-electron chi connectivity index (χ0n) is 16.1. The minimum absolute atomic E-state index is 0.138. The Balaban J connectivity index is 1.48. The lowest BCUT2D eigenvalue weighted by molar-refractivity contribution is -0.116. The first kappa shape index (κ1) is 19.1. The van der Waals surface area contributed by atoms with Gasteiger partial charge in [0.25, 0.3) is 11.5 Å². The average molecular weight is 397 g/mol. The van der Waals surface area contributed by atoms with Gasteiger partial charge in [-0.25, -0.2) is 9.89 Å². The van der Waals surface area contributed by atoms with Gasteiger partial charge in [0, 0.05) is 32.2 Å². The largest absolute Gasteiger partial charge is 0.358 e. The molecule has 0 bridgehead atoms. The van der Waals surface area contributed by atoms with E-state index in [1.54, 1.807) is 11.9 Å². The highest BCUT2D eigenvalue weighted by atomic mass is 16.5. The van der Waals surface area contributed by atoms with Gasteiger partial charge in [-0.3, -0.25) is 9.59 Å². The SMILES string of the molecule is CN1C(=O)N[C@@H](c2cccc(CNC(=O)c3ccc(=O)[nH]n3)c2)[C@@H]2CCCO[C@@H]21. The molecule has 2 saturated heterocycles. The molecular weight excluding hydrogens is 374 g/mol. The summed E-state index contributed by atoms with van der Waals surface area (Å²) in [6, 6.07) is 10.1. The smallest absolute Gasteiger partial charge is 0.319 e. The number of hydrogen-bond donors (Lipinski definition) is 3. The van der Waals surface area contributed by atoms with Crippen LogP contribution in [0.15, 0.2) is 41.2 Å². The Hall–Kier alpha value is -3.20. The molecule has 3 amide bonds. The third kappa shape index (κ3) is 4.00. The number of urea groups is 1. The number of carbonyl (C=O) groups is 2. The van der Waals surface area contributed by atoms with E-state index in [0.717, 1.165) is 24.0 Å². The van der Waals surface area contributed by atoms with Crippen LogP contribution in [0, 0.1) is 5.92 Å². The molecule has 9 nitrogen and oxygen atoms in total. The summed E-state index contributed by atoms with van der Waals surface area (Å²) in [7, 11) is 1.76. The van der Waals surface area contributed by atoms with Crippen LogP contribution < -0.4 is 16.2 Å². The van der Waals surface area contributed by atoms with Gasteiger partial charge in [0.05, 0.1) is 6.04 Å². The maximum absolute atomic E-state index is 12.4. The summed E-state index contributed by atoms with van der Waals surface area (Å²) in [6.07, 6.45) is 1.71. The summed E-state index contributed by atoms with van der Waals surface area (Å²) >= 11 is 0. The number of ether oxygens (including phenoxy) is 1. The number of nitrogens with zero attached hydrogens (tertiary/aromatic N) is 2. The summed E-state index contributed by atoms with van der Waals surface area (Å²) in [5.74, 6) is -0.207. The number of nitrogens with one attached hydrogen (secondary N) is 3. The molecule has 2 aromatic rings. The van der Waals surface area contributed by atoms with E-state index in [9.17, 15) is 14.4 Å². The van der Waals surface area contributed by atoms with Crippen molar-refractivity contribution in [2.24, 2.45) is 5.92 Å². The van der Waals surface area contributed by atoms with Gasteiger partial charge < -0.3 is 20.3 Å². The van der Waals surface area contributed by atoms with Crippen molar-refractivity contribution in [2.45, 2.75) is 31.7 Å². The van der Waals surface area contributed by atoms with Gasteiger partial charge in [0.1, 0.15) is 11.9 Å². The molecule has 1 aromatic heterocycles. The summed E-state index contributed by atoms with van der Waals surface area (Å²) in [5, 5.41) is 11.8. The second-order valence-electron chi connectivity index (χ2n) is 7.34. The molecule has 152 valence electrons. The van der Waals surface area contributed by atoms with E-state index in [1.165, 1.54) is 12.1 Å². The first-order valence-electron chi connectivity index (χ1n) is 9.60. The maximum atomic E-state index is 12.4. The number of amides is 3. The van der Waals surface area contributed by atoms with Crippen LogP contribution in [0.4, 0.5) is 4.79 Å². The number of fused-ring (bicyclic) bond motifs is 1. The van der Waals surface area contributed by atoms with Gasteiger partial charge in [-0.15, -0.1) is 0 Å². The Morgan fingerprint density at radius 1 is 1.31 bits per heavy atom. The van der Waals surface area contributed by atoms with Gasteiger partial charge in [0.15, 0.2) is 0 Å². The number of hydrogen-bond acceptors (Lipinski definition) is 5. The first-order valence-corrected chi connectivity index (χ1v) is 9.60. The van der Waals surface area contributed by atoms with E-state index in [-0.39, 0.29) is 41.4 Å². The van der Waals surface area contributed by atoms with Crippen LogP contribution in [0.25, 0.3) is 0 Å². The van der Waals surface area contributed by atoms with Crippen molar-refractivity contribution in [1.82, 2.24) is 25.7 Å². The quantitative estimate of drug-likeness (QED) is 0.716. The zero-order valence-corrected chi connectivity index (χ0v) is 16.1. The second-order valence-corrected chi connectivity index (χ2v) is 7.34. The maximum Gasteiger partial charge on any atom is 0.319 e. The molecular formula is C20H23N5O4. The molecule has 0 saturated carbocycles. The molecule has 2 fully saturated rings. The Labute approximate surface area is 167 Å². The van der Waals surface area contributed by atoms with E-state index < -0.39 is 0 Å². The van der Waals surface area contributed by atoms with Gasteiger partial charge in [-0.1, -0.05) is 24.3 Å². The Morgan fingerprint density at radius 2 is 2.17 bits per heavy atom. The molecule has 4 rings (SSSR count). The Morgan fingerprint density at radius 3 is 2.97 bits per heavy atom. The van der Waals surface area contributed by atoms with Crippen LogP contribution in [0.3, 0.4) is 0 Å². The highest BCUT2D eigenvalue weighted by molar-refractivity contribution is 5.91. The van der Waals surface area contributed by atoms with E-state index in [0.29, 0.717) is 13.2 Å². The average Bonchev–Trinajstić information content (AvgIpc) is 2.75. The minimum Gasteiger partial charge on any atom is -0.358 e. The van der Waals surface area contributed by atoms with E-state index in [2.05, 4.69) is 20.8 Å². The topological polar surface area (TPSA) is 116 Å². The molecule has 0 unspecified atom stereocenters. The molecule has 3 heterocycles. The molecule has 2 aliphatic heterocycles. The number of benzene rings is 1. The van der Waals surface area contributed by atoms with Crippen molar-refractivity contribution in [2.75, 3.05) is 13.7 Å². The van der Waals surface area contributed by atoms with E-state index in [4.69, 9.17) is 4.74 Å². The van der Waals surface area contributed by atoms with Crippen LogP contribution >= 0.6 is 0 Å². The molecule has 1 aromatic carbocycles. The summed E-state index contributed by atoms with van der Waals surface area (Å²) < 4.78 is 5.86. The lowest BCUT2D eigenvalue weighted by Gasteiger charge is -2.46. The summed E-state index contributed by atoms with van der Waals surface area (Å²) in [4.78, 5) is 37.3. The van der Waals surface area contributed by atoms with Gasteiger partial charge in [-0.2, -0.15) is 5.10 Å². The first-order chi connectivity index (χ1) is 14.0. The van der Waals surface area contributed by atoms with Crippen LogP contribution in [0.5, 0.6) is 0 Å². The summed E-state index contributed by atoms with van der Waals surface area (Å²) in [6.45, 7) is 0.967.